The molecule has 0 aliphatic rings. The number of aromatic nitrogens is 3. The zero-order chi connectivity index (χ0) is 13.4. The van der Waals surface area contributed by atoms with E-state index in [2.05, 4.69) is 16.0 Å². The van der Waals surface area contributed by atoms with Crippen LogP contribution in [0.15, 0.2) is 36.5 Å². The summed E-state index contributed by atoms with van der Waals surface area (Å²) in [4.78, 5) is 8.91. The zero-order valence-corrected chi connectivity index (χ0v) is 11.2. The Kier molecular flexibility index (Phi) is 2.97. The molecule has 0 radical (unpaired) electrons. The van der Waals surface area contributed by atoms with Gasteiger partial charge in [-0.2, -0.15) is 0 Å². The predicted molar refractivity (Wildman–Crippen MR) is 76.8 cm³/mol. The van der Waals surface area contributed by atoms with Gasteiger partial charge >= 0.3 is 0 Å². The van der Waals surface area contributed by atoms with Crippen molar-refractivity contribution >= 4 is 22.6 Å². The Balaban J connectivity index is 2.19. The molecule has 0 bridgehead atoms. The first-order chi connectivity index (χ1) is 9.19. The second-order valence-corrected chi connectivity index (χ2v) is 4.82. The topological polar surface area (TPSA) is 56.7 Å². The van der Waals surface area contributed by atoms with Gasteiger partial charge in [0.2, 0.25) is 0 Å². The summed E-state index contributed by atoms with van der Waals surface area (Å²) in [5.41, 5.74) is 9.55. The van der Waals surface area contributed by atoms with Gasteiger partial charge in [-0.25, -0.2) is 4.98 Å². The van der Waals surface area contributed by atoms with Crippen molar-refractivity contribution < 1.29 is 0 Å². The zero-order valence-electron chi connectivity index (χ0n) is 10.5. The highest BCUT2D eigenvalue weighted by atomic mass is 35.5. The quantitative estimate of drug-likeness (QED) is 0.780. The fourth-order valence-electron chi connectivity index (χ4n) is 2.10. The summed E-state index contributed by atoms with van der Waals surface area (Å²) in [5.74, 6) is 0.820. The Morgan fingerprint density at radius 3 is 2.79 bits per heavy atom. The number of hydrogen-bond acceptors (Lipinski definition) is 3. The number of nitrogens with zero attached hydrogens (tertiary/aromatic N) is 3. The molecule has 0 saturated carbocycles. The van der Waals surface area contributed by atoms with Gasteiger partial charge in [0.25, 0.3) is 0 Å². The summed E-state index contributed by atoms with van der Waals surface area (Å²) < 4.78 is 2.02. The van der Waals surface area contributed by atoms with Crippen LogP contribution in [-0.2, 0) is 13.6 Å². The predicted octanol–water partition coefficient (Wildman–Crippen LogP) is 2.75. The standard InChI is InChI=1S/C14H13ClN4/c1-19-13-6-9(7-16)2-4-11(13)18-14(19)12-5-3-10(15)8-17-12/h2-6,8H,7,16H2,1H3. The first kappa shape index (κ1) is 12.1. The van der Waals surface area contributed by atoms with Crippen LogP contribution in [0.1, 0.15) is 5.56 Å². The highest BCUT2D eigenvalue weighted by Crippen LogP contribution is 2.23. The number of fused-ring (bicyclic) bond motifs is 1. The Bertz CT molecular complexity index is 731. The third-order valence-corrected chi connectivity index (χ3v) is 3.36. The Labute approximate surface area is 115 Å². The van der Waals surface area contributed by atoms with Crippen LogP contribution in [0.5, 0.6) is 0 Å². The van der Waals surface area contributed by atoms with Crippen LogP contribution in [0, 0.1) is 0 Å². The molecule has 0 spiro atoms. The lowest BCUT2D eigenvalue weighted by atomic mass is 10.2. The van der Waals surface area contributed by atoms with E-state index in [1.54, 1.807) is 6.20 Å². The molecule has 5 heteroatoms. The van der Waals surface area contributed by atoms with E-state index in [4.69, 9.17) is 17.3 Å². The van der Waals surface area contributed by atoms with Crippen molar-refractivity contribution in [3.05, 3.63) is 47.1 Å². The molecular formula is C14H13ClN4. The molecule has 19 heavy (non-hydrogen) atoms. The van der Waals surface area contributed by atoms with Crippen molar-refractivity contribution in [1.82, 2.24) is 14.5 Å². The van der Waals surface area contributed by atoms with Gasteiger partial charge in [-0.15, -0.1) is 0 Å². The molecule has 2 aromatic heterocycles. The van der Waals surface area contributed by atoms with Gasteiger partial charge in [0, 0.05) is 19.8 Å². The van der Waals surface area contributed by atoms with Crippen molar-refractivity contribution in [2.24, 2.45) is 12.8 Å². The molecule has 96 valence electrons. The molecule has 0 aliphatic heterocycles. The highest BCUT2D eigenvalue weighted by Gasteiger charge is 2.11. The lowest BCUT2D eigenvalue weighted by Crippen LogP contribution is -1.97. The van der Waals surface area contributed by atoms with Crippen molar-refractivity contribution in [3.8, 4) is 11.5 Å². The molecule has 2 heterocycles. The number of benzene rings is 1. The molecule has 0 unspecified atom stereocenters. The fraction of sp³-hybridized carbons (Fsp3) is 0.143. The molecule has 2 N–H and O–H groups in total. The first-order valence-electron chi connectivity index (χ1n) is 5.96. The van der Waals surface area contributed by atoms with E-state index >= 15 is 0 Å². The Morgan fingerprint density at radius 2 is 2.11 bits per heavy atom. The molecule has 3 aromatic rings. The average molecular weight is 273 g/mol. The Morgan fingerprint density at radius 1 is 1.26 bits per heavy atom. The van der Waals surface area contributed by atoms with E-state index in [1.165, 1.54) is 0 Å². The molecule has 0 atom stereocenters. The van der Waals surface area contributed by atoms with E-state index in [-0.39, 0.29) is 0 Å². The minimum absolute atomic E-state index is 0.523. The monoisotopic (exact) mass is 272 g/mol. The number of rotatable bonds is 2. The van der Waals surface area contributed by atoms with E-state index in [0.29, 0.717) is 11.6 Å². The smallest absolute Gasteiger partial charge is 0.159 e. The number of imidazole rings is 1. The van der Waals surface area contributed by atoms with E-state index in [1.807, 2.05) is 35.9 Å². The van der Waals surface area contributed by atoms with Crippen molar-refractivity contribution in [3.63, 3.8) is 0 Å². The van der Waals surface area contributed by atoms with E-state index < -0.39 is 0 Å². The fourth-order valence-corrected chi connectivity index (χ4v) is 2.21. The van der Waals surface area contributed by atoms with Crippen LogP contribution in [0.25, 0.3) is 22.6 Å². The van der Waals surface area contributed by atoms with Crippen LogP contribution in [0.3, 0.4) is 0 Å². The molecule has 0 saturated heterocycles. The minimum Gasteiger partial charge on any atom is -0.326 e. The third-order valence-electron chi connectivity index (χ3n) is 3.14. The highest BCUT2D eigenvalue weighted by molar-refractivity contribution is 6.30. The number of pyridine rings is 1. The maximum absolute atomic E-state index is 5.85. The molecular weight excluding hydrogens is 260 g/mol. The average Bonchev–Trinajstić information content (AvgIpc) is 2.76. The van der Waals surface area contributed by atoms with Crippen LogP contribution in [-0.4, -0.2) is 14.5 Å². The third kappa shape index (κ3) is 2.09. The second-order valence-electron chi connectivity index (χ2n) is 4.38. The number of nitrogens with two attached hydrogens (primary N) is 1. The Hall–Kier alpha value is -1.91. The van der Waals surface area contributed by atoms with Gasteiger partial charge in [0.1, 0.15) is 5.69 Å². The van der Waals surface area contributed by atoms with Crippen LogP contribution in [0.2, 0.25) is 5.02 Å². The van der Waals surface area contributed by atoms with Gasteiger partial charge < -0.3 is 10.3 Å². The first-order valence-corrected chi connectivity index (χ1v) is 6.34. The normalized spacial score (nSPS) is 11.1. The summed E-state index contributed by atoms with van der Waals surface area (Å²) in [6, 6.07) is 9.72. The van der Waals surface area contributed by atoms with Crippen LogP contribution >= 0.6 is 11.6 Å². The van der Waals surface area contributed by atoms with Crippen molar-refractivity contribution in [2.45, 2.75) is 6.54 Å². The summed E-state index contributed by atoms with van der Waals surface area (Å²) in [5, 5.41) is 0.618. The molecule has 1 aromatic carbocycles. The molecule has 0 fully saturated rings. The second kappa shape index (κ2) is 4.64. The maximum Gasteiger partial charge on any atom is 0.159 e. The van der Waals surface area contributed by atoms with Gasteiger partial charge in [0.15, 0.2) is 5.82 Å². The maximum atomic E-state index is 5.85. The lowest BCUT2D eigenvalue weighted by Gasteiger charge is -2.02. The van der Waals surface area contributed by atoms with Crippen molar-refractivity contribution in [1.29, 1.82) is 0 Å². The van der Waals surface area contributed by atoms with Gasteiger partial charge in [-0.05, 0) is 29.8 Å². The van der Waals surface area contributed by atoms with E-state index in [0.717, 1.165) is 28.1 Å². The molecule has 0 amide bonds. The van der Waals surface area contributed by atoms with Crippen molar-refractivity contribution in [2.75, 3.05) is 0 Å². The molecule has 0 aliphatic carbocycles. The largest absolute Gasteiger partial charge is 0.326 e. The van der Waals surface area contributed by atoms with E-state index in [9.17, 15) is 0 Å². The number of halogens is 1. The molecule has 4 nitrogen and oxygen atoms in total. The van der Waals surface area contributed by atoms with Gasteiger partial charge in [0.05, 0.1) is 16.1 Å². The summed E-state index contributed by atoms with van der Waals surface area (Å²) in [6.07, 6.45) is 1.63. The minimum atomic E-state index is 0.523. The van der Waals surface area contributed by atoms with Crippen LogP contribution < -0.4 is 5.73 Å². The number of hydrogen-bond donors (Lipinski definition) is 1. The van der Waals surface area contributed by atoms with Gasteiger partial charge in [-0.1, -0.05) is 17.7 Å². The van der Waals surface area contributed by atoms with Crippen LogP contribution in [0.4, 0.5) is 0 Å². The lowest BCUT2D eigenvalue weighted by molar-refractivity contribution is 0.948. The SMILES string of the molecule is Cn1c(-c2ccc(Cl)cn2)nc2ccc(CN)cc21. The molecule has 3 rings (SSSR count). The summed E-state index contributed by atoms with van der Waals surface area (Å²) in [6.45, 7) is 0.523. The summed E-state index contributed by atoms with van der Waals surface area (Å²) in [7, 11) is 1.97. The summed E-state index contributed by atoms with van der Waals surface area (Å²) >= 11 is 5.85. The number of aryl methyl sites for hydroxylation is 1. The van der Waals surface area contributed by atoms with Gasteiger partial charge in [-0.3, -0.25) is 4.98 Å².